The van der Waals surface area contributed by atoms with Crippen molar-refractivity contribution in [3.63, 3.8) is 0 Å². The highest BCUT2D eigenvalue weighted by Gasteiger charge is 2.12. The summed E-state index contributed by atoms with van der Waals surface area (Å²) in [5.74, 6) is -0.168. The maximum atomic E-state index is 12.4. The summed E-state index contributed by atoms with van der Waals surface area (Å²) in [5, 5.41) is 0. The van der Waals surface area contributed by atoms with Gasteiger partial charge in [-0.1, -0.05) is 48.6 Å². The van der Waals surface area contributed by atoms with Crippen LogP contribution in [0.5, 0.6) is 0 Å². The number of hydrogen-bond acceptors (Lipinski definition) is 4. The fourth-order valence-electron chi connectivity index (χ4n) is 2.87. The van der Waals surface area contributed by atoms with Crippen molar-refractivity contribution in [2.45, 2.75) is 37.6 Å². The van der Waals surface area contributed by atoms with Gasteiger partial charge < -0.3 is 4.57 Å². The molecule has 142 valence electrons. The first-order valence-corrected chi connectivity index (χ1v) is 11.5. The van der Waals surface area contributed by atoms with E-state index in [0.29, 0.717) is 17.6 Å². The molecule has 0 N–H and O–H groups in total. The lowest BCUT2D eigenvalue weighted by Gasteiger charge is -2.03. The molecule has 0 saturated heterocycles. The number of rotatable bonds is 6. The Balaban J connectivity index is 1.95. The molecule has 0 saturated carbocycles. The summed E-state index contributed by atoms with van der Waals surface area (Å²) in [5.41, 5.74) is 2.01. The number of thiazole rings is 1. The lowest BCUT2D eigenvalue weighted by molar-refractivity contribution is -0.118. The van der Waals surface area contributed by atoms with E-state index in [-0.39, 0.29) is 10.8 Å². The average molecular weight is 403 g/mol. The smallest absolute Gasteiger partial charge is 0.248 e. The van der Waals surface area contributed by atoms with Crippen molar-refractivity contribution in [3.8, 4) is 0 Å². The summed E-state index contributed by atoms with van der Waals surface area (Å²) in [7, 11) is -3.27. The number of benzene rings is 2. The Bertz CT molecular complexity index is 1130. The topological polar surface area (TPSA) is 68.5 Å². The summed E-state index contributed by atoms with van der Waals surface area (Å²) >= 11 is 1.36. The van der Waals surface area contributed by atoms with Gasteiger partial charge in [0.05, 0.1) is 15.1 Å². The summed E-state index contributed by atoms with van der Waals surface area (Å²) in [4.78, 5) is 17.6. The second-order valence-corrected chi connectivity index (χ2v) is 9.45. The number of aromatic nitrogens is 1. The van der Waals surface area contributed by atoms with Crippen molar-refractivity contribution >= 4 is 37.3 Å². The Morgan fingerprint density at radius 2 is 1.89 bits per heavy atom. The van der Waals surface area contributed by atoms with Gasteiger partial charge in [0.2, 0.25) is 5.91 Å². The third-order valence-electron chi connectivity index (χ3n) is 4.22. The quantitative estimate of drug-likeness (QED) is 0.633. The van der Waals surface area contributed by atoms with Gasteiger partial charge in [-0.3, -0.25) is 4.79 Å². The van der Waals surface area contributed by atoms with Gasteiger partial charge in [-0.05, 0) is 36.6 Å². The van der Waals surface area contributed by atoms with Crippen molar-refractivity contribution in [1.29, 1.82) is 0 Å². The molecule has 0 radical (unpaired) electrons. The molecule has 0 spiro atoms. The van der Waals surface area contributed by atoms with E-state index in [2.05, 4.69) is 11.9 Å². The average Bonchev–Trinajstić information content (AvgIpc) is 2.97. The first-order valence-electron chi connectivity index (χ1n) is 8.83. The van der Waals surface area contributed by atoms with E-state index in [1.165, 1.54) is 17.6 Å². The molecule has 0 atom stereocenters. The zero-order chi connectivity index (χ0) is 19.4. The predicted molar refractivity (Wildman–Crippen MR) is 109 cm³/mol. The maximum absolute atomic E-state index is 12.4. The van der Waals surface area contributed by atoms with Crippen LogP contribution in [0.1, 0.15) is 25.3 Å². The number of aryl methyl sites for hydroxylation is 2. The minimum atomic E-state index is -3.27. The third-order valence-corrected chi connectivity index (χ3v) is 6.37. The van der Waals surface area contributed by atoms with Gasteiger partial charge >= 0.3 is 0 Å². The van der Waals surface area contributed by atoms with E-state index in [1.54, 1.807) is 18.2 Å². The highest BCUT2D eigenvalue weighted by atomic mass is 32.2. The van der Waals surface area contributed by atoms with Gasteiger partial charge in [-0.15, -0.1) is 0 Å². The molecule has 0 bridgehead atoms. The van der Waals surface area contributed by atoms with Gasteiger partial charge in [0, 0.05) is 19.2 Å². The van der Waals surface area contributed by atoms with E-state index < -0.39 is 9.84 Å². The van der Waals surface area contributed by atoms with Crippen molar-refractivity contribution in [1.82, 2.24) is 4.57 Å². The highest BCUT2D eigenvalue weighted by molar-refractivity contribution is 7.90. The fraction of sp³-hybridized carbons (Fsp3) is 0.300. The van der Waals surface area contributed by atoms with Crippen LogP contribution in [0.15, 0.2) is 58.4 Å². The van der Waals surface area contributed by atoms with Crippen LogP contribution >= 0.6 is 11.3 Å². The van der Waals surface area contributed by atoms with E-state index in [9.17, 15) is 13.2 Å². The first kappa shape index (κ1) is 19.5. The number of carbonyl (C=O) groups is 1. The molecule has 0 aliphatic rings. The predicted octanol–water partition coefficient (Wildman–Crippen LogP) is 3.58. The largest absolute Gasteiger partial charge is 0.316 e. The molecule has 3 aromatic rings. The van der Waals surface area contributed by atoms with E-state index in [4.69, 9.17) is 0 Å². The van der Waals surface area contributed by atoms with Crippen molar-refractivity contribution in [2.75, 3.05) is 6.26 Å². The van der Waals surface area contributed by atoms with Gasteiger partial charge in [-0.2, -0.15) is 4.99 Å². The van der Waals surface area contributed by atoms with E-state index in [0.717, 1.165) is 28.7 Å². The fourth-order valence-corrected chi connectivity index (χ4v) is 4.70. The number of nitrogens with zero attached hydrogens (tertiary/aromatic N) is 2. The SMILES string of the molecule is CCCn1c(=NC(=O)CCc2ccccc2)sc2cc(S(C)(=O)=O)ccc21. The highest BCUT2D eigenvalue weighted by Crippen LogP contribution is 2.22. The van der Waals surface area contributed by atoms with E-state index in [1.807, 2.05) is 34.9 Å². The van der Waals surface area contributed by atoms with Crippen LogP contribution in [0.3, 0.4) is 0 Å². The third kappa shape index (κ3) is 4.73. The zero-order valence-corrected chi connectivity index (χ0v) is 17.0. The normalized spacial score (nSPS) is 12.6. The van der Waals surface area contributed by atoms with Crippen LogP contribution in [0, 0.1) is 0 Å². The van der Waals surface area contributed by atoms with Crippen LogP contribution in [-0.4, -0.2) is 25.1 Å². The minimum Gasteiger partial charge on any atom is -0.316 e. The Labute approximate surface area is 162 Å². The lowest BCUT2D eigenvalue weighted by Crippen LogP contribution is -2.17. The first-order chi connectivity index (χ1) is 12.9. The molecule has 27 heavy (non-hydrogen) atoms. The van der Waals surface area contributed by atoms with Gasteiger partial charge in [-0.25, -0.2) is 8.42 Å². The molecule has 1 heterocycles. The Morgan fingerprint density at radius 3 is 2.56 bits per heavy atom. The Morgan fingerprint density at radius 1 is 1.15 bits per heavy atom. The number of sulfone groups is 1. The Kier molecular flexibility index (Phi) is 5.92. The van der Waals surface area contributed by atoms with Crippen LogP contribution in [0.4, 0.5) is 0 Å². The molecule has 2 aromatic carbocycles. The summed E-state index contributed by atoms with van der Waals surface area (Å²) < 4.78 is 26.4. The number of carbonyl (C=O) groups excluding carboxylic acids is 1. The summed E-state index contributed by atoms with van der Waals surface area (Å²) in [6, 6.07) is 14.9. The second-order valence-electron chi connectivity index (χ2n) is 6.43. The number of amides is 1. The summed E-state index contributed by atoms with van der Waals surface area (Å²) in [6.07, 6.45) is 3.09. The molecule has 0 aliphatic carbocycles. The molecular formula is C20H22N2O3S2. The van der Waals surface area contributed by atoms with Crippen LogP contribution < -0.4 is 4.80 Å². The van der Waals surface area contributed by atoms with Gasteiger partial charge in [0.15, 0.2) is 14.6 Å². The second kappa shape index (κ2) is 8.19. The lowest BCUT2D eigenvalue weighted by atomic mass is 10.1. The molecule has 1 amide bonds. The molecule has 5 nitrogen and oxygen atoms in total. The van der Waals surface area contributed by atoms with Gasteiger partial charge in [0.25, 0.3) is 0 Å². The zero-order valence-electron chi connectivity index (χ0n) is 15.4. The molecule has 1 aromatic heterocycles. The molecule has 7 heteroatoms. The number of fused-ring (bicyclic) bond motifs is 1. The number of hydrogen-bond donors (Lipinski definition) is 0. The van der Waals surface area contributed by atoms with Crippen LogP contribution in [0.25, 0.3) is 10.2 Å². The molecule has 0 unspecified atom stereocenters. The Hall–Kier alpha value is -2.25. The monoisotopic (exact) mass is 402 g/mol. The molecule has 0 aliphatic heterocycles. The maximum Gasteiger partial charge on any atom is 0.248 e. The van der Waals surface area contributed by atoms with Crippen LogP contribution in [-0.2, 0) is 27.6 Å². The minimum absolute atomic E-state index is 0.168. The van der Waals surface area contributed by atoms with Crippen molar-refractivity contribution in [2.24, 2.45) is 4.99 Å². The van der Waals surface area contributed by atoms with Crippen LogP contribution in [0.2, 0.25) is 0 Å². The van der Waals surface area contributed by atoms with Crippen molar-refractivity contribution in [3.05, 3.63) is 58.9 Å². The van der Waals surface area contributed by atoms with Crippen molar-refractivity contribution < 1.29 is 13.2 Å². The molecule has 0 fully saturated rings. The molecular weight excluding hydrogens is 380 g/mol. The summed E-state index contributed by atoms with van der Waals surface area (Å²) in [6.45, 7) is 2.78. The van der Waals surface area contributed by atoms with Gasteiger partial charge in [0.1, 0.15) is 0 Å². The molecule has 3 rings (SSSR count). The standard InChI is InChI=1S/C20H22N2O3S2/c1-3-13-22-17-11-10-16(27(2,24)25)14-18(17)26-20(22)21-19(23)12-9-15-7-5-4-6-8-15/h4-8,10-11,14H,3,9,12-13H2,1-2H3. The van der Waals surface area contributed by atoms with E-state index >= 15 is 0 Å².